The molecule has 33 heavy (non-hydrogen) atoms. The van der Waals surface area contributed by atoms with Crippen molar-refractivity contribution in [1.82, 2.24) is 24.8 Å². The summed E-state index contributed by atoms with van der Waals surface area (Å²) in [6.07, 6.45) is 7.71. The lowest BCUT2D eigenvalue weighted by Crippen LogP contribution is -2.51. The molecule has 2 fully saturated rings. The van der Waals surface area contributed by atoms with Crippen LogP contribution in [0.1, 0.15) is 38.3 Å². The Hall–Kier alpha value is -2.90. The Kier molecular flexibility index (Phi) is 6.33. The van der Waals surface area contributed by atoms with Crippen molar-refractivity contribution < 1.29 is 9.53 Å². The predicted octanol–water partition coefficient (Wildman–Crippen LogP) is 3.51. The van der Waals surface area contributed by atoms with Crippen LogP contribution >= 0.6 is 0 Å². The molecule has 172 valence electrons. The van der Waals surface area contributed by atoms with Crippen molar-refractivity contribution in [2.75, 3.05) is 32.7 Å². The van der Waals surface area contributed by atoms with Crippen molar-refractivity contribution in [3.63, 3.8) is 0 Å². The number of pyridine rings is 3. The van der Waals surface area contributed by atoms with E-state index in [1.54, 1.807) is 12.4 Å². The average molecular weight is 446 g/mol. The van der Waals surface area contributed by atoms with E-state index in [4.69, 9.17) is 9.72 Å². The summed E-state index contributed by atoms with van der Waals surface area (Å²) < 4.78 is 5.76. The molecule has 2 aliphatic heterocycles. The maximum absolute atomic E-state index is 12.8. The fourth-order valence-corrected chi connectivity index (χ4v) is 5.01. The summed E-state index contributed by atoms with van der Waals surface area (Å²) in [5.74, 6) is 0.624. The number of morpholine rings is 1. The first-order chi connectivity index (χ1) is 16.0. The molecular formula is C26H31N5O2. The third-order valence-corrected chi connectivity index (χ3v) is 6.71. The van der Waals surface area contributed by atoms with Crippen molar-refractivity contribution in [2.45, 2.75) is 44.8 Å². The highest BCUT2D eigenvalue weighted by Gasteiger charge is 2.29. The van der Waals surface area contributed by atoms with Crippen molar-refractivity contribution in [3.05, 3.63) is 54.6 Å². The molecule has 5 rings (SSSR count). The number of ether oxygens (including phenoxy) is 1. The number of carbonyl (C=O) groups is 1. The molecule has 1 amide bonds. The molecule has 0 bridgehead atoms. The van der Waals surface area contributed by atoms with E-state index < -0.39 is 0 Å². The number of fused-ring (bicyclic) bond motifs is 1. The summed E-state index contributed by atoms with van der Waals surface area (Å²) in [4.78, 5) is 30.6. The molecular weight excluding hydrogens is 414 g/mol. The van der Waals surface area contributed by atoms with Gasteiger partial charge in [0.15, 0.2) is 5.65 Å². The normalized spacial score (nSPS) is 22.5. The van der Waals surface area contributed by atoms with Gasteiger partial charge in [-0.25, -0.2) is 9.97 Å². The molecule has 0 saturated carbocycles. The van der Waals surface area contributed by atoms with Crippen LogP contribution in [0, 0.1) is 0 Å². The van der Waals surface area contributed by atoms with E-state index in [-0.39, 0.29) is 18.1 Å². The molecule has 0 radical (unpaired) electrons. The van der Waals surface area contributed by atoms with Crippen LogP contribution in [0.15, 0.2) is 48.9 Å². The summed E-state index contributed by atoms with van der Waals surface area (Å²) in [5.41, 5.74) is 4.07. The van der Waals surface area contributed by atoms with Crippen LogP contribution < -0.4 is 0 Å². The fourth-order valence-electron chi connectivity index (χ4n) is 5.01. The Morgan fingerprint density at radius 2 is 1.76 bits per heavy atom. The number of nitrogens with zero attached hydrogens (tertiary/aromatic N) is 5. The Morgan fingerprint density at radius 1 is 1.03 bits per heavy atom. The molecule has 0 aliphatic carbocycles. The Balaban J connectivity index is 1.20. The van der Waals surface area contributed by atoms with Gasteiger partial charge in [0.2, 0.25) is 5.91 Å². The van der Waals surface area contributed by atoms with Crippen molar-refractivity contribution >= 4 is 16.9 Å². The van der Waals surface area contributed by atoms with Crippen molar-refractivity contribution in [1.29, 1.82) is 0 Å². The predicted molar refractivity (Wildman–Crippen MR) is 128 cm³/mol. The van der Waals surface area contributed by atoms with E-state index in [2.05, 4.69) is 33.1 Å². The molecule has 2 atom stereocenters. The number of amides is 1. The van der Waals surface area contributed by atoms with Crippen LogP contribution in [0.3, 0.4) is 0 Å². The topological polar surface area (TPSA) is 71.5 Å². The van der Waals surface area contributed by atoms with Crippen LogP contribution in [0.4, 0.5) is 0 Å². The summed E-state index contributed by atoms with van der Waals surface area (Å²) in [5, 5.41) is 1.05. The summed E-state index contributed by atoms with van der Waals surface area (Å²) in [7, 11) is 0. The molecule has 0 aromatic carbocycles. The third kappa shape index (κ3) is 5.04. The molecule has 5 heterocycles. The number of piperidine rings is 1. The van der Waals surface area contributed by atoms with Gasteiger partial charge in [0.05, 0.1) is 18.8 Å². The first kappa shape index (κ1) is 21.9. The number of carbonyl (C=O) groups excluding carboxylic acids is 1. The van der Waals surface area contributed by atoms with Gasteiger partial charge in [-0.05, 0) is 75.7 Å². The highest BCUT2D eigenvalue weighted by molar-refractivity contribution is 5.81. The smallest absolute Gasteiger partial charge is 0.236 e. The van der Waals surface area contributed by atoms with E-state index in [1.807, 2.05) is 37.1 Å². The van der Waals surface area contributed by atoms with Gasteiger partial charge in [-0.3, -0.25) is 14.7 Å². The second kappa shape index (κ2) is 9.53. The molecule has 0 N–H and O–H groups in total. The van der Waals surface area contributed by atoms with E-state index in [0.29, 0.717) is 25.6 Å². The molecule has 2 aliphatic rings. The SMILES string of the molecule is CC1CN(C(=O)CN2CCC(c3ccc4cc(-c5ccncc5)cnc4n3)CC2)CC(C)O1. The largest absolute Gasteiger partial charge is 0.372 e. The molecule has 0 spiro atoms. The van der Waals surface area contributed by atoms with Gasteiger partial charge in [0, 0.05) is 54.2 Å². The second-order valence-corrected chi connectivity index (χ2v) is 9.35. The zero-order chi connectivity index (χ0) is 22.8. The zero-order valence-electron chi connectivity index (χ0n) is 19.4. The lowest BCUT2D eigenvalue weighted by atomic mass is 9.92. The number of likely N-dealkylation sites (tertiary alicyclic amines) is 1. The Morgan fingerprint density at radius 3 is 2.48 bits per heavy atom. The van der Waals surface area contributed by atoms with Gasteiger partial charge in [-0.2, -0.15) is 0 Å². The third-order valence-electron chi connectivity index (χ3n) is 6.71. The molecule has 7 nitrogen and oxygen atoms in total. The van der Waals surface area contributed by atoms with Crippen LogP contribution in [0.5, 0.6) is 0 Å². The van der Waals surface area contributed by atoms with Gasteiger partial charge in [0.25, 0.3) is 0 Å². The van der Waals surface area contributed by atoms with Gasteiger partial charge in [0.1, 0.15) is 0 Å². The highest BCUT2D eigenvalue weighted by atomic mass is 16.5. The van der Waals surface area contributed by atoms with Crippen molar-refractivity contribution in [2.24, 2.45) is 0 Å². The quantitative estimate of drug-likeness (QED) is 0.612. The minimum atomic E-state index is 0.108. The van der Waals surface area contributed by atoms with E-state index in [0.717, 1.165) is 53.8 Å². The zero-order valence-corrected chi connectivity index (χ0v) is 19.4. The van der Waals surface area contributed by atoms with E-state index in [9.17, 15) is 4.79 Å². The van der Waals surface area contributed by atoms with Gasteiger partial charge in [-0.1, -0.05) is 0 Å². The maximum Gasteiger partial charge on any atom is 0.236 e. The lowest BCUT2D eigenvalue weighted by molar-refractivity contribution is -0.144. The monoisotopic (exact) mass is 445 g/mol. The van der Waals surface area contributed by atoms with Crippen molar-refractivity contribution in [3.8, 4) is 11.1 Å². The number of aromatic nitrogens is 3. The van der Waals surface area contributed by atoms with Gasteiger partial charge < -0.3 is 9.64 Å². The molecule has 2 unspecified atom stereocenters. The van der Waals surface area contributed by atoms with Crippen LogP contribution in [0.2, 0.25) is 0 Å². The van der Waals surface area contributed by atoms with Crippen LogP contribution in [0.25, 0.3) is 22.2 Å². The molecule has 2 saturated heterocycles. The average Bonchev–Trinajstić information content (AvgIpc) is 2.84. The Labute approximate surface area is 194 Å². The number of hydrogen-bond acceptors (Lipinski definition) is 6. The van der Waals surface area contributed by atoms with Crippen LogP contribution in [-0.4, -0.2) is 75.6 Å². The highest BCUT2D eigenvalue weighted by Crippen LogP contribution is 2.29. The maximum atomic E-state index is 12.8. The lowest BCUT2D eigenvalue weighted by Gasteiger charge is -2.37. The number of hydrogen-bond donors (Lipinski definition) is 0. The Bertz CT molecular complexity index is 1100. The van der Waals surface area contributed by atoms with Crippen LogP contribution in [-0.2, 0) is 9.53 Å². The first-order valence-corrected chi connectivity index (χ1v) is 11.9. The second-order valence-electron chi connectivity index (χ2n) is 9.35. The van der Waals surface area contributed by atoms with E-state index >= 15 is 0 Å². The molecule has 3 aromatic rings. The molecule has 7 heteroatoms. The molecule has 3 aromatic heterocycles. The standard InChI is InChI=1S/C26H31N5O2/c1-18-15-31(16-19(2)33-18)25(32)17-30-11-7-21(8-12-30)24-4-3-22-13-23(14-28-26(22)29-24)20-5-9-27-10-6-20/h3-6,9-10,13-14,18-19,21H,7-8,11-12,15-17H2,1-2H3. The summed E-state index contributed by atoms with van der Waals surface area (Å²) in [6.45, 7) is 7.78. The minimum Gasteiger partial charge on any atom is -0.372 e. The van der Waals surface area contributed by atoms with Gasteiger partial charge >= 0.3 is 0 Å². The fraction of sp³-hybridized carbons (Fsp3) is 0.462. The summed E-state index contributed by atoms with van der Waals surface area (Å²) >= 11 is 0. The minimum absolute atomic E-state index is 0.108. The van der Waals surface area contributed by atoms with E-state index in [1.165, 1.54) is 0 Å². The number of rotatable bonds is 4. The first-order valence-electron chi connectivity index (χ1n) is 11.9. The van der Waals surface area contributed by atoms with Gasteiger partial charge in [-0.15, -0.1) is 0 Å². The summed E-state index contributed by atoms with van der Waals surface area (Å²) in [6, 6.07) is 10.4.